The van der Waals surface area contributed by atoms with Crippen LogP contribution in [0.5, 0.6) is 11.5 Å². The highest BCUT2D eigenvalue weighted by atomic mass is 16.5. The van der Waals surface area contributed by atoms with E-state index in [4.69, 9.17) is 20.5 Å². The molecule has 27 heavy (non-hydrogen) atoms. The molecule has 0 spiro atoms. The van der Waals surface area contributed by atoms with Crippen LogP contribution in [0.1, 0.15) is 22.8 Å². The first-order chi connectivity index (χ1) is 12.6. The fraction of sp³-hybridized carbons (Fsp3) is 0.500. The van der Waals surface area contributed by atoms with E-state index < -0.39 is 48.6 Å². The predicted octanol–water partition coefficient (Wildman–Crippen LogP) is -1.60. The molecule has 7 N–H and O–H groups in total. The van der Waals surface area contributed by atoms with Crippen molar-refractivity contribution in [2.24, 2.45) is 5.73 Å². The van der Waals surface area contributed by atoms with E-state index in [0.29, 0.717) is 0 Å². The van der Waals surface area contributed by atoms with E-state index >= 15 is 0 Å². The van der Waals surface area contributed by atoms with Gasteiger partial charge in [0.25, 0.3) is 0 Å². The Labute approximate surface area is 155 Å². The monoisotopic (exact) mass is 382 g/mol. The van der Waals surface area contributed by atoms with Crippen LogP contribution in [-0.4, -0.2) is 80.6 Å². The molecule has 10 nitrogen and oxygen atoms in total. The summed E-state index contributed by atoms with van der Waals surface area (Å²) in [6, 6.07) is 1.80. The van der Waals surface area contributed by atoms with E-state index in [2.05, 4.69) is 0 Å². The number of likely N-dealkylation sites (tertiary alicyclic amines) is 1. The summed E-state index contributed by atoms with van der Waals surface area (Å²) in [6.07, 6.45) is -1.45. The molecule has 0 saturated carbocycles. The Morgan fingerprint density at radius 1 is 1.37 bits per heavy atom. The number of aromatic hydroxyl groups is 1. The van der Waals surface area contributed by atoms with Gasteiger partial charge in [0.05, 0.1) is 19.2 Å². The van der Waals surface area contributed by atoms with Crippen LogP contribution in [0.4, 0.5) is 0 Å². The number of hydrogen-bond acceptors (Lipinski definition) is 8. The molecule has 0 aromatic heterocycles. The Hall–Kier alpha value is -2.34. The predicted molar refractivity (Wildman–Crippen MR) is 94.4 cm³/mol. The van der Waals surface area contributed by atoms with Gasteiger partial charge in [0.2, 0.25) is 5.91 Å². The van der Waals surface area contributed by atoms with Crippen molar-refractivity contribution in [3.63, 3.8) is 0 Å². The molecule has 1 aliphatic heterocycles. The molecule has 11 heteroatoms. The standard InChI is InChI=1S/C16H23BN2O8/c1-8(20)13(18)15(22)19-6-10(7-19)27-11-3-2-9(4-5-17(25)26)14(21)12(11)16(23)24/h2-3,8,10,13,20-21,25-26H,4-7,18H2,1H3,(H,23,24)/t8-,13+/m0/s1. The van der Waals surface area contributed by atoms with Gasteiger partial charge in [-0.15, -0.1) is 0 Å². The van der Waals surface area contributed by atoms with Crippen molar-refractivity contribution < 1.29 is 39.7 Å². The molecule has 1 amide bonds. The highest BCUT2D eigenvalue weighted by molar-refractivity contribution is 6.41. The molecule has 0 bridgehead atoms. The second-order valence-corrected chi connectivity index (χ2v) is 6.52. The number of carbonyl (C=O) groups excluding carboxylic acids is 1. The van der Waals surface area contributed by atoms with Crippen LogP contribution >= 0.6 is 0 Å². The SMILES string of the molecule is C[C@H](O)[C@@H](N)C(=O)N1CC(Oc2ccc(CCB(O)O)c(O)c2C(=O)O)C1. The molecule has 1 aromatic carbocycles. The summed E-state index contributed by atoms with van der Waals surface area (Å²) in [5.74, 6) is -2.37. The van der Waals surface area contributed by atoms with E-state index in [9.17, 15) is 24.9 Å². The minimum atomic E-state index is -1.57. The molecule has 2 atom stereocenters. The van der Waals surface area contributed by atoms with Crippen molar-refractivity contribution in [2.45, 2.75) is 37.9 Å². The third-order valence-corrected chi connectivity index (χ3v) is 4.37. The molecular weight excluding hydrogens is 359 g/mol. The molecule has 1 saturated heterocycles. The Morgan fingerprint density at radius 2 is 2.00 bits per heavy atom. The van der Waals surface area contributed by atoms with Gasteiger partial charge < -0.3 is 40.7 Å². The molecule has 1 heterocycles. The van der Waals surface area contributed by atoms with Gasteiger partial charge in [-0.1, -0.05) is 6.07 Å². The van der Waals surface area contributed by atoms with E-state index in [1.807, 2.05) is 0 Å². The summed E-state index contributed by atoms with van der Waals surface area (Å²) in [5.41, 5.74) is 5.42. The minimum Gasteiger partial charge on any atom is -0.507 e. The maximum Gasteiger partial charge on any atom is 0.451 e. The molecule has 0 radical (unpaired) electrons. The lowest BCUT2D eigenvalue weighted by atomic mass is 9.82. The number of aliphatic hydroxyl groups excluding tert-OH is 1. The Kier molecular flexibility index (Phi) is 6.66. The first kappa shape index (κ1) is 21.0. The number of aryl methyl sites for hydroxylation is 1. The van der Waals surface area contributed by atoms with E-state index in [1.165, 1.54) is 24.0 Å². The topological polar surface area (TPSA) is 174 Å². The number of amides is 1. The van der Waals surface area contributed by atoms with Crippen LogP contribution in [0.2, 0.25) is 6.32 Å². The average molecular weight is 382 g/mol. The number of rotatable bonds is 8. The summed E-state index contributed by atoms with van der Waals surface area (Å²) in [7, 11) is -1.57. The Morgan fingerprint density at radius 3 is 2.52 bits per heavy atom. The normalized spacial score (nSPS) is 16.4. The van der Waals surface area contributed by atoms with Crippen LogP contribution in [0, 0.1) is 0 Å². The van der Waals surface area contributed by atoms with Gasteiger partial charge in [0.1, 0.15) is 29.2 Å². The highest BCUT2D eigenvalue weighted by Crippen LogP contribution is 2.34. The van der Waals surface area contributed by atoms with Gasteiger partial charge in [-0.3, -0.25) is 4.79 Å². The molecular formula is C16H23BN2O8. The number of carboxylic acids is 1. The highest BCUT2D eigenvalue weighted by Gasteiger charge is 2.37. The number of phenols is 1. The second-order valence-electron chi connectivity index (χ2n) is 6.52. The zero-order valence-electron chi connectivity index (χ0n) is 14.8. The average Bonchev–Trinajstić information content (AvgIpc) is 2.54. The molecule has 0 aliphatic carbocycles. The zero-order chi connectivity index (χ0) is 20.3. The van der Waals surface area contributed by atoms with Crippen LogP contribution in [-0.2, 0) is 11.2 Å². The zero-order valence-corrected chi connectivity index (χ0v) is 14.8. The van der Waals surface area contributed by atoms with Gasteiger partial charge >= 0.3 is 13.1 Å². The number of hydrogen-bond donors (Lipinski definition) is 6. The van der Waals surface area contributed by atoms with E-state index in [0.717, 1.165) is 0 Å². The van der Waals surface area contributed by atoms with Gasteiger partial charge in [-0.05, 0) is 31.3 Å². The van der Waals surface area contributed by atoms with Crippen molar-refractivity contribution in [2.75, 3.05) is 13.1 Å². The lowest BCUT2D eigenvalue weighted by Gasteiger charge is -2.40. The summed E-state index contributed by atoms with van der Waals surface area (Å²) >= 11 is 0. The van der Waals surface area contributed by atoms with E-state index in [1.54, 1.807) is 0 Å². The smallest absolute Gasteiger partial charge is 0.451 e. The number of aliphatic hydroxyl groups is 1. The Bertz CT molecular complexity index is 706. The molecule has 2 rings (SSSR count). The fourth-order valence-corrected chi connectivity index (χ4v) is 2.70. The minimum absolute atomic E-state index is 0.0507. The number of nitrogens with zero attached hydrogens (tertiary/aromatic N) is 1. The number of carboxylic acid groups (broad SMARTS) is 1. The Balaban J connectivity index is 2.06. The van der Waals surface area contributed by atoms with Gasteiger partial charge in [0, 0.05) is 0 Å². The summed E-state index contributed by atoms with van der Waals surface area (Å²) in [5, 5.41) is 46.8. The summed E-state index contributed by atoms with van der Waals surface area (Å²) < 4.78 is 5.59. The molecule has 1 aromatic rings. The largest absolute Gasteiger partial charge is 0.507 e. The number of aromatic carboxylic acids is 1. The third kappa shape index (κ3) is 4.89. The van der Waals surface area contributed by atoms with Crippen molar-refractivity contribution in [3.8, 4) is 11.5 Å². The summed E-state index contributed by atoms with van der Waals surface area (Å²) in [4.78, 5) is 24.9. The fourth-order valence-electron chi connectivity index (χ4n) is 2.70. The van der Waals surface area contributed by atoms with Crippen LogP contribution in [0.25, 0.3) is 0 Å². The second kappa shape index (κ2) is 8.57. The third-order valence-electron chi connectivity index (χ3n) is 4.37. The van der Waals surface area contributed by atoms with Gasteiger partial charge in [0.15, 0.2) is 0 Å². The van der Waals surface area contributed by atoms with Crippen LogP contribution < -0.4 is 10.5 Å². The molecule has 0 unspecified atom stereocenters. The maximum absolute atomic E-state index is 12.0. The molecule has 148 valence electrons. The lowest BCUT2D eigenvalue weighted by molar-refractivity contribution is -0.143. The maximum atomic E-state index is 12.0. The van der Waals surface area contributed by atoms with Crippen LogP contribution in [0.15, 0.2) is 12.1 Å². The van der Waals surface area contributed by atoms with Crippen molar-refractivity contribution in [1.82, 2.24) is 4.90 Å². The van der Waals surface area contributed by atoms with Gasteiger partial charge in [-0.2, -0.15) is 0 Å². The quantitative estimate of drug-likeness (QED) is 0.290. The lowest BCUT2D eigenvalue weighted by Crippen LogP contribution is -2.61. The first-order valence-electron chi connectivity index (χ1n) is 8.45. The number of carbonyl (C=O) groups is 2. The van der Waals surface area contributed by atoms with Crippen molar-refractivity contribution in [3.05, 3.63) is 23.3 Å². The molecule has 1 aliphatic rings. The number of benzene rings is 1. The van der Waals surface area contributed by atoms with Crippen molar-refractivity contribution >= 4 is 19.0 Å². The summed E-state index contributed by atoms with van der Waals surface area (Å²) in [6.45, 7) is 1.77. The molecule has 1 fully saturated rings. The van der Waals surface area contributed by atoms with Crippen molar-refractivity contribution in [1.29, 1.82) is 0 Å². The van der Waals surface area contributed by atoms with E-state index in [-0.39, 0.29) is 37.1 Å². The number of nitrogens with two attached hydrogens (primary N) is 1. The number of ether oxygens (including phenoxy) is 1. The van der Waals surface area contributed by atoms with Gasteiger partial charge in [-0.25, -0.2) is 4.79 Å². The first-order valence-corrected chi connectivity index (χ1v) is 8.45. The van der Waals surface area contributed by atoms with Crippen LogP contribution in [0.3, 0.4) is 0 Å².